The Morgan fingerprint density at radius 2 is 1.76 bits per heavy atom. The van der Waals surface area contributed by atoms with Gasteiger partial charge in [0.25, 0.3) is 0 Å². The highest BCUT2D eigenvalue weighted by atomic mass is 32.2. The molecule has 0 aromatic rings. The zero-order chi connectivity index (χ0) is 13.2. The topological polar surface area (TPSA) is 66.4 Å². The number of hydrogen-bond acceptors (Lipinski definition) is 4. The Morgan fingerprint density at radius 1 is 1.24 bits per heavy atom. The van der Waals surface area contributed by atoms with Crippen LogP contribution in [0.25, 0.3) is 0 Å². The lowest BCUT2D eigenvalue weighted by Crippen LogP contribution is -2.41. The van der Waals surface area contributed by atoms with Gasteiger partial charge in [-0.1, -0.05) is 12.8 Å². The second kappa shape index (κ2) is 5.24. The molecule has 0 aliphatic heterocycles. The first kappa shape index (κ1) is 14.9. The summed E-state index contributed by atoms with van der Waals surface area (Å²) in [6.07, 6.45) is 3.79. The minimum atomic E-state index is -3.06. The third kappa shape index (κ3) is 4.23. The van der Waals surface area contributed by atoms with Gasteiger partial charge in [0, 0.05) is 13.1 Å². The minimum Gasteiger partial charge on any atom is -0.389 e. The third-order valence-electron chi connectivity index (χ3n) is 3.47. The van der Waals surface area contributed by atoms with E-state index in [2.05, 4.69) is 5.32 Å². The van der Waals surface area contributed by atoms with E-state index in [1.807, 2.05) is 0 Å². The summed E-state index contributed by atoms with van der Waals surface area (Å²) in [5.41, 5.74) is -0.606. The largest absolute Gasteiger partial charge is 0.389 e. The molecule has 0 unspecified atom stereocenters. The smallest absolute Gasteiger partial charge is 0.156 e. The van der Waals surface area contributed by atoms with Gasteiger partial charge in [0.15, 0.2) is 9.84 Å². The third-order valence-corrected chi connectivity index (χ3v) is 6.08. The fourth-order valence-electron chi connectivity index (χ4n) is 2.04. The molecule has 1 rings (SSSR count). The summed E-state index contributed by atoms with van der Waals surface area (Å²) < 4.78 is 23.0. The van der Waals surface area contributed by atoms with E-state index in [0.29, 0.717) is 13.1 Å². The molecule has 1 aliphatic rings. The Bertz CT molecular complexity index is 337. The second-order valence-corrected chi connectivity index (χ2v) is 8.90. The summed E-state index contributed by atoms with van der Waals surface area (Å²) in [7, 11) is -3.06. The molecule has 0 amide bonds. The van der Waals surface area contributed by atoms with Gasteiger partial charge in [-0.2, -0.15) is 0 Å². The summed E-state index contributed by atoms with van der Waals surface area (Å²) in [4.78, 5) is 0. The van der Waals surface area contributed by atoms with Crippen molar-refractivity contribution in [2.24, 2.45) is 0 Å². The van der Waals surface area contributed by atoms with Gasteiger partial charge in [0.2, 0.25) is 0 Å². The van der Waals surface area contributed by atoms with Gasteiger partial charge in [-0.25, -0.2) is 8.42 Å². The summed E-state index contributed by atoms with van der Waals surface area (Å²) in [5, 5.41) is 13.1. The molecule has 5 heteroatoms. The van der Waals surface area contributed by atoms with Crippen molar-refractivity contribution in [2.45, 2.75) is 56.8 Å². The molecular weight excluding hydrogens is 238 g/mol. The fraction of sp³-hybridized carbons (Fsp3) is 1.00. The van der Waals surface area contributed by atoms with Crippen LogP contribution < -0.4 is 5.32 Å². The van der Waals surface area contributed by atoms with Crippen LogP contribution in [0.3, 0.4) is 0 Å². The number of sulfone groups is 1. The van der Waals surface area contributed by atoms with E-state index in [1.165, 1.54) is 0 Å². The van der Waals surface area contributed by atoms with Gasteiger partial charge in [0.1, 0.15) is 0 Å². The molecule has 1 fully saturated rings. The Labute approximate surface area is 105 Å². The SMILES string of the molecule is CC(C)(C)S(=O)(=O)CCNCC1(O)CCCC1. The van der Waals surface area contributed by atoms with Crippen LogP contribution in [0.2, 0.25) is 0 Å². The van der Waals surface area contributed by atoms with Crippen molar-refractivity contribution in [1.29, 1.82) is 0 Å². The van der Waals surface area contributed by atoms with Crippen LogP contribution in [0.15, 0.2) is 0 Å². The Balaban J connectivity index is 2.29. The molecule has 1 saturated carbocycles. The predicted octanol–water partition coefficient (Wildman–Crippen LogP) is 1.09. The van der Waals surface area contributed by atoms with Crippen LogP contribution in [0.1, 0.15) is 46.5 Å². The van der Waals surface area contributed by atoms with Crippen molar-refractivity contribution in [2.75, 3.05) is 18.8 Å². The molecule has 0 aromatic carbocycles. The molecule has 102 valence electrons. The molecule has 0 aromatic heterocycles. The minimum absolute atomic E-state index is 0.132. The van der Waals surface area contributed by atoms with Crippen molar-refractivity contribution in [3.63, 3.8) is 0 Å². The van der Waals surface area contributed by atoms with Crippen LogP contribution in [-0.4, -0.2) is 42.7 Å². The predicted molar refractivity (Wildman–Crippen MR) is 69.8 cm³/mol. The first-order valence-electron chi connectivity index (χ1n) is 6.32. The molecule has 0 saturated heterocycles. The summed E-state index contributed by atoms with van der Waals surface area (Å²) >= 11 is 0. The van der Waals surface area contributed by atoms with Gasteiger partial charge < -0.3 is 10.4 Å². The quantitative estimate of drug-likeness (QED) is 0.729. The molecular formula is C12H25NO3S. The number of hydrogen-bond donors (Lipinski definition) is 2. The van der Waals surface area contributed by atoms with Crippen LogP contribution in [0.4, 0.5) is 0 Å². The lowest BCUT2D eigenvalue weighted by Gasteiger charge is -2.23. The van der Waals surface area contributed by atoms with E-state index in [9.17, 15) is 13.5 Å². The van der Waals surface area contributed by atoms with Crippen LogP contribution in [0.5, 0.6) is 0 Å². The highest BCUT2D eigenvalue weighted by Crippen LogP contribution is 2.28. The lowest BCUT2D eigenvalue weighted by molar-refractivity contribution is 0.0484. The summed E-state index contributed by atoms with van der Waals surface area (Å²) in [6, 6.07) is 0. The average molecular weight is 263 g/mol. The monoisotopic (exact) mass is 263 g/mol. The normalized spacial score (nSPS) is 20.7. The van der Waals surface area contributed by atoms with E-state index >= 15 is 0 Å². The highest BCUT2D eigenvalue weighted by Gasteiger charge is 2.31. The van der Waals surface area contributed by atoms with E-state index < -0.39 is 20.2 Å². The first-order chi connectivity index (χ1) is 7.66. The van der Waals surface area contributed by atoms with Crippen molar-refractivity contribution >= 4 is 9.84 Å². The standard InChI is InChI=1S/C12H25NO3S/c1-11(2,3)17(15,16)9-8-13-10-12(14)6-4-5-7-12/h13-14H,4-10H2,1-3H3. The van der Waals surface area contributed by atoms with Gasteiger partial charge in [-0.15, -0.1) is 0 Å². The summed E-state index contributed by atoms with van der Waals surface area (Å²) in [6.45, 7) is 6.07. The van der Waals surface area contributed by atoms with Crippen molar-refractivity contribution in [3.8, 4) is 0 Å². The molecule has 0 atom stereocenters. The number of rotatable bonds is 5. The Morgan fingerprint density at radius 3 is 2.24 bits per heavy atom. The Hall–Kier alpha value is -0.130. The molecule has 17 heavy (non-hydrogen) atoms. The fourth-order valence-corrected chi connectivity index (χ4v) is 3.07. The zero-order valence-corrected chi connectivity index (χ0v) is 11.9. The number of nitrogens with one attached hydrogen (secondary N) is 1. The maximum atomic E-state index is 11.8. The zero-order valence-electron chi connectivity index (χ0n) is 11.1. The van der Waals surface area contributed by atoms with Crippen LogP contribution in [-0.2, 0) is 9.84 Å². The molecule has 0 radical (unpaired) electrons. The maximum absolute atomic E-state index is 11.8. The molecule has 4 nitrogen and oxygen atoms in total. The molecule has 0 heterocycles. The maximum Gasteiger partial charge on any atom is 0.156 e. The van der Waals surface area contributed by atoms with Crippen molar-refractivity contribution < 1.29 is 13.5 Å². The van der Waals surface area contributed by atoms with Crippen molar-refractivity contribution in [3.05, 3.63) is 0 Å². The van der Waals surface area contributed by atoms with E-state index in [0.717, 1.165) is 25.7 Å². The van der Waals surface area contributed by atoms with Crippen molar-refractivity contribution in [1.82, 2.24) is 5.32 Å². The second-order valence-electron chi connectivity index (χ2n) is 6.04. The molecule has 2 N–H and O–H groups in total. The number of aliphatic hydroxyl groups is 1. The van der Waals surface area contributed by atoms with Crippen LogP contribution in [0, 0.1) is 0 Å². The van der Waals surface area contributed by atoms with E-state index in [4.69, 9.17) is 0 Å². The molecule has 1 aliphatic carbocycles. The van der Waals surface area contributed by atoms with Gasteiger partial charge in [0.05, 0.1) is 16.1 Å². The van der Waals surface area contributed by atoms with Gasteiger partial charge >= 0.3 is 0 Å². The van der Waals surface area contributed by atoms with E-state index in [-0.39, 0.29) is 5.75 Å². The van der Waals surface area contributed by atoms with E-state index in [1.54, 1.807) is 20.8 Å². The first-order valence-corrected chi connectivity index (χ1v) is 7.97. The summed E-state index contributed by atoms with van der Waals surface area (Å²) in [5.74, 6) is 0.132. The molecule has 0 bridgehead atoms. The lowest BCUT2D eigenvalue weighted by atomic mass is 10.0. The average Bonchev–Trinajstić information content (AvgIpc) is 2.59. The van der Waals surface area contributed by atoms with Gasteiger partial charge in [-0.3, -0.25) is 0 Å². The van der Waals surface area contributed by atoms with Crippen LogP contribution >= 0.6 is 0 Å². The van der Waals surface area contributed by atoms with Gasteiger partial charge in [-0.05, 0) is 33.6 Å². The Kier molecular flexibility index (Phi) is 4.60. The molecule has 0 spiro atoms. The highest BCUT2D eigenvalue weighted by molar-refractivity contribution is 7.92.